The molecule has 0 amide bonds. The zero-order valence-corrected chi connectivity index (χ0v) is 13.5. The summed E-state index contributed by atoms with van der Waals surface area (Å²) in [4.78, 5) is 12.6. The number of ether oxygens (including phenoxy) is 1. The number of benzene rings is 1. The van der Waals surface area contributed by atoms with E-state index < -0.39 is 5.92 Å². The van der Waals surface area contributed by atoms with E-state index in [0.717, 1.165) is 17.8 Å². The summed E-state index contributed by atoms with van der Waals surface area (Å²) >= 11 is 0. The van der Waals surface area contributed by atoms with E-state index in [2.05, 4.69) is 11.2 Å². The van der Waals surface area contributed by atoms with Crippen molar-refractivity contribution in [2.45, 2.75) is 25.2 Å². The van der Waals surface area contributed by atoms with Crippen LogP contribution in [0.3, 0.4) is 0 Å². The van der Waals surface area contributed by atoms with Gasteiger partial charge in [-0.15, -0.1) is 0 Å². The van der Waals surface area contributed by atoms with Gasteiger partial charge >= 0.3 is 0 Å². The van der Waals surface area contributed by atoms with E-state index >= 15 is 0 Å². The van der Waals surface area contributed by atoms with Crippen molar-refractivity contribution in [3.63, 3.8) is 0 Å². The van der Waals surface area contributed by atoms with Crippen molar-refractivity contribution < 1.29 is 9.53 Å². The van der Waals surface area contributed by atoms with Crippen molar-refractivity contribution in [3.8, 4) is 11.8 Å². The Morgan fingerprint density at radius 3 is 2.80 bits per heavy atom. The fourth-order valence-electron chi connectivity index (χ4n) is 3.47. The number of hydrogen-bond acceptors (Lipinski definition) is 5. The van der Waals surface area contributed by atoms with Crippen molar-refractivity contribution in [2.24, 2.45) is 5.73 Å². The van der Waals surface area contributed by atoms with Crippen LogP contribution in [0, 0.1) is 11.3 Å². The maximum atomic E-state index is 12.6. The van der Waals surface area contributed by atoms with E-state index in [0.29, 0.717) is 24.2 Å². The van der Waals surface area contributed by atoms with Crippen LogP contribution in [0.2, 0.25) is 0 Å². The van der Waals surface area contributed by atoms with Crippen molar-refractivity contribution in [1.82, 2.24) is 9.78 Å². The average Bonchev–Trinajstić information content (AvgIpc) is 3.11. The van der Waals surface area contributed by atoms with Gasteiger partial charge in [0.25, 0.3) is 0 Å². The molecule has 0 radical (unpaired) electrons. The van der Waals surface area contributed by atoms with Gasteiger partial charge in [0, 0.05) is 24.6 Å². The first-order valence-corrected chi connectivity index (χ1v) is 8.14. The first kappa shape index (κ1) is 15.2. The fraction of sp³-hybridized carbons (Fsp3) is 0.211. The second kappa shape index (κ2) is 5.95. The van der Waals surface area contributed by atoms with Gasteiger partial charge in [0.1, 0.15) is 17.4 Å². The van der Waals surface area contributed by atoms with E-state index in [4.69, 9.17) is 10.5 Å². The standard InChI is InChI=1S/C19H16N4O2/c20-11-13-17(18-15(24)7-4-8-16(18)25-19(13)21)14-9-10-22-23(14)12-5-2-1-3-6-12/h1-3,5-6,9-10,17H,4,7-8,21H2/t17-/m1/s1. The molecule has 2 aliphatic rings. The van der Waals surface area contributed by atoms with Gasteiger partial charge in [-0.2, -0.15) is 10.4 Å². The summed E-state index contributed by atoms with van der Waals surface area (Å²) in [6.45, 7) is 0. The number of carbonyl (C=O) groups excluding carboxylic acids is 1. The molecule has 1 aliphatic heterocycles. The molecular weight excluding hydrogens is 316 g/mol. The molecule has 1 aromatic heterocycles. The van der Waals surface area contributed by atoms with E-state index in [9.17, 15) is 10.1 Å². The lowest BCUT2D eigenvalue weighted by Gasteiger charge is -2.30. The summed E-state index contributed by atoms with van der Waals surface area (Å²) < 4.78 is 7.35. The number of rotatable bonds is 2. The summed E-state index contributed by atoms with van der Waals surface area (Å²) in [7, 11) is 0. The third kappa shape index (κ3) is 2.41. The number of nitrogens with zero attached hydrogens (tertiary/aromatic N) is 3. The van der Waals surface area contributed by atoms with Crippen LogP contribution in [-0.4, -0.2) is 15.6 Å². The Balaban J connectivity index is 1.92. The minimum Gasteiger partial charge on any atom is -0.444 e. The summed E-state index contributed by atoms with van der Waals surface area (Å²) in [5.41, 5.74) is 8.37. The zero-order chi connectivity index (χ0) is 17.4. The molecule has 0 fully saturated rings. The largest absolute Gasteiger partial charge is 0.444 e. The lowest BCUT2D eigenvalue weighted by Crippen LogP contribution is -2.28. The zero-order valence-electron chi connectivity index (χ0n) is 13.5. The Hall–Kier alpha value is -3.33. The van der Waals surface area contributed by atoms with Crippen molar-refractivity contribution in [2.75, 3.05) is 0 Å². The van der Waals surface area contributed by atoms with Gasteiger partial charge in [-0.05, 0) is 24.6 Å². The highest BCUT2D eigenvalue weighted by atomic mass is 16.5. The summed E-state index contributed by atoms with van der Waals surface area (Å²) in [6.07, 6.45) is 3.50. The molecule has 0 saturated carbocycles. The molecule has 1 aromatic carbocycles. The molecule has 2 aromatic rings. The Morgan fingerprint density at radius 2 is 2.04 bits per heavy atom. The molecule has 0 spiro atoms. The number of aromatic nitrogens is 2. The summed E-state index contributed by atoms with van der Waals surface area (Å²) in [5, 5.41) is 14.0. The second-order valence-electron chi connectivity index (χ2n) is 6.04. The van der Waals surface area contributed by atoms with E-state index in [1.54, 1.807) is 10.9 Å². The lowest BCUT2D eigenvalue weighted by molar-refractivity contribution is -0.116. The van der Waals surface area contributed by atoms with Crippen molar-refractivity contribution >= 4 is 5.78 Å². The maximum Gasteiger partial charge on any atom is 0.205 e. The number of nitrogens with two attached hydrogens (primary N) is 1. The van der Waals surface area contributed by atoms with Crippen LogP contribution in [0.5, 0.6) is 0 Å². The smallest absolute Gasteiger partial charge is 0.205 e. The third-order valence-electron chi connectivity index (χ3n) is 4.57. The quantitative estimate of drug-likeness (QED) is 0.912. The van der Waals surface area contributed by atoms with Gasteiger partial charge in [-0.3, -0.25) is 4.79 Å². The van der Waals surface area contributed by atoms with Crippen LogP contribution in [0.15, 0.2) is 65.4 Å². The molecule has 0 bridgehead atoms. The van der Waals surface area contributed by atoms with Gasteiger partial charge < -0.3 is 10.5 Å². The number of allylic oxidation sites excluding steroid dienone is 3. The molecule has 25 heavy (non-hydrogen) atoms. The van der Waals surface area contributed by atoms with Crippen molar-refractivity contribution in [1.29, 1.82) is 5.26 Å². The Bertz CT molecular complexity index is 947. The first-order chi connectivity index (χ1) is 12.2. The number of Topliss-reactive ketones (excluding diaryl/α,β-unsaturated/α-hetero) is 1. The molecule has 1 atom stereocenters. The van der Waals surface area contributed by atoms with Crippen LogP contribution in [0.25, 0.3) is 5.69 Å². The number of hydrogen-bond donors (Lipinski definition) is 1. The lowest BCUT2D eigenvalue weighted by atomic mass is 9.79. The Labute approximate surface area is 144 Å². The van der Waals surface area contributed by atoms with Gasteiger partial charge in [-0.25, -0.2) is 4.68 Å². The van der Waals surface area contributed by atoms with Gasteiger partial charge in [0.05, 0.1) is 17.3 Å². The number of nitriles is 1. The maximum absolute atomic E-state index is 12.6. The number of carbonyl (C=O) groups is 1. The molecule has 6 heteroatoms. The van der Waals surface area contributed by atoms with Crippen LogP contribution < -0.4 is 5.73 Å². The predicted octanol–water partition coefficient (Wildman–Crippen LogP) is 2.69. The molecule has 2 N–H and O–H groups in total. The highest BCUT2D eigenvalue weighted by Gasteiger charge is 2.39. The minimum absolute atomic E-state index is 0.00677. The van der Waals surface area contributed by atoms with Gasteiger partial charge in [0.2, 0.25) is 5.88 Å². The van der Waals surface area contributed by atoms with E-state index in [1.165, 1.54) is 0 Å². The van der Waals surface area contributed by atoms with Crippen LogP contribution in [-0.2, 0) is 9.53 Å². The average molecular weight is 332 g/mol. The molecule has 0 unspecified atom stereocenters. The first-order valence-electron chi connectivity index (χ1n) is 8.14. The monoisotopic (exact) mass is 332 g/mol. The summed E-state index contributed by atoms with van der Waals surface area (Å²) in [5.74, 6) is 0.108. The highest BCUT2D eigenvalue weighted by molar-refractivity contribution is 5.99. The Morgan fingerprint density at radius 1 is 1.24 bits per heavy atom. The predicted molar refractivity (Wildman–Crippen MR) is 90.1 cm³/mol. The normalized spacial score (nSPS) is 20.1. The topological polar surface area (TPSA) is 93.9 Å². The fourth-order valence-corrected chi connectivity index (χ4v) is 3.47. The van der Waals surface area contributed by atoms with Crippen LogP contribution in [0.1, 0.15) is 30.9 Å². The molecule has 6 nitrogen and oxygen atoms in total. The minimum atomic E-state index is -0.552. The van der Waals surface area contributed by atoms with Crippen LogP contribution >= 0.6 is 0 Å². The molecule has 124 valence electrons. The Kier molecular flexibility index (Phi) is 3.62. The third-order valence-corrected chi connectivity index (χ3v) is 4.57. The number of para-hydroxylation sites is 1. The highest BCUT2D eigenvalue weighted by Crippen LogP contribution is 2.43. The van der Waals surface area contributed by atoms with E-state index in [-0.39, 0.29) is 17.2 Å². The molecule has 1 aliphatic carbocycles. The van der Waals surface area contributed by atoms with Gasteiger partial charge in [0.15, 0.2) is 5.78 Å². The molecule has 2 heterocycles. The van der Waals surface area contributed by atoms with Gasteiger partial charge in [-0.1, -0.05) is 18.2 Å². The summed E-state index contributed by atoms with van der Waals surface area (Å²) in [6, 6.07) is 13.5. The number of ketones is 1. The second-order valence-corrected chi connectivity index (χ2v) is 6.04. The molecule has 0 saturated heterocycles. The SMILES string of the molecule is N#CC1=C(N)OC2=C(C(=O)CCC2)[C@H]1c1ccnn1-c1ccccc1. The molecule has 4 rings (SSSR count). The molecular formula is C19H16N4O2. The van der Waals surface area contributed by atoms with Crippen LogP contribution in [0.4, 0.5) is 0 Å². The van der Waals surface area contributed by atoms with E-state index in [1.807, 2.05) is 36.4 Å². The van der Waals surface area contributed by atoms with Crippen molar-refractivity contribution in [3.05, 3.63) is 71.1 Å².